The fraction of sp³-hybridized carbons (Fsp3) is 0.692. The second kappa shape index (κ2) is 4.09. The summed E-state index contributed by atoms with van der Waals surface area (Å²) in [5.41, 5.74) is 2.69. The molecule has 1 aliphatic rings. The van der Waals surface area contributed by atoms with Crippen molar-refractivity contribution in [3.05, 3.63) is 16.4 Å². The molecule has 0 bridgehead atoms. The van der Waals surface area contributed by atoms with Gasteiger partial charge < -0.3 is 0 Å². The minimum absolute atomic E-state index is 0.669. The molecule has 17 heavy (non-hydrogen) atoms. The molecule has 4 heteroatoms. The van der Waals surface area contributed by atoms with Gasteiger partial charge in [-0.25, -0.2) is 9.50 Å². The number of fused-ring (bicyclic) bond motifs is 3. The number of aryl methyl sites for hydroxylation is 1. The molecule has 0 fully saturated rings. The van der Waals surface area contributed by atoms with Crippen LogP contribution in [0.5, 0.6) is 0 Å². The maximum atomic E-state index is 4.79. The molecule has 1 unspecified atom stereocenters. The first kappa shape index (κ1) is 11.2. The molecule has 1 atom stereocenters. The molecule has 2 aromatic heterocycles. The number of imidazole rings is 1. The molecular weight excluding hydrogens is 230 g/mol. The van der Waals surface area contributed by atoms with Crippen LogP contribution in [0, 0.1) is 5.92 Å². The molecule has 1 aliphatic carbocycles. The largest absolute Gasteiger partial charge is 0.222 e. The maximum absolute atomic E-state index is 4.79. The maximum Gasteiger partial charge on any atom is 0.212 e. The van der Waals surface area contributed by atoms with Crippen LogP contribution in [0.3, 0.4) is 0 Å². The second-order valence-corrected chi connectivity index (χ2v) is 6.42. The monoisotopic (exact) mass is 249 g/mol. The summed E-state index contributed by atoms with van der Waals surface area (Å²) in [6, 6.07) is 0. The van der Waals surface area contributed by atoms with Gasteiger partial charge in [0.2, 0.25) is 4.96 Å². The molecule has 2 heterocycles. The van der Waals surface area contributed by atoms with Crippen molar-refractivity contribution in [2.45, 2.75) is 52.4 Å². The molecule has 0 spiro atoms. The highest BCUT2D eigenvalue weighted by Crippen LogP contribution is 2.36. The Hall–Kier alpha value is -0.900. The molecule has 0 N–H and O–H groups in total. The molecule has 2 aromatic rings. The Kier molecular flexibility index (Phi) is 2.69. The van der Waals surface area contributed by atoms with Crippen LogP contribution in [-0.2, 0) is 12.8 Å². The number of hydrogen-bond acceptors (Lipinski definition) is 3. The molecule has 0 aliphatic heterocycles. The zero-order valence-corrected chi connectivity index (χ0v) is 11.5. The summed E-state index contributed by atoms with van der Waals surface area (Å²) in [6.45, 7) is 6.73. The highest BCUT2D eigenvalue weighted by atomic mass is 32.1. The Morgan fingerprint density at radius 3 is 3.00 bits per heavy atom. The van der Waals surface area contributed by atoms with Crippen molar-refractivity contribution in [3.63, 3.8) is 0 Å². The Balaban J connectivity index is 2.01. The second-order valence-electron chi connectivity index (χ2n) is 5.38. The van der Waals surface area contributed by atoms with Gasteiger partial charge in [0.15, 0.2) is 0 Å². The van der Waals surface area contributed by atoms with E-state index in [1.165, 1.54) is 29.2 Å². The van der Waals surface area contributed by atoms with E-state index in [1.54, 1.807) is 11.3 Å². The molecule has 0 saturated heterocycles. The minimum Gasteiger partial charge on any atom is -0.222 e. The topological polar surface area (TPSA) is 30.2 Å². The Labute approximate surface area is 106 Å². The predicted octanol–water partition coefficient (Wildman–Crippen LogP) is 3.43. The zero-order valence-electron chi connectivity index (χ0n) is 10.7. The smallest absolute Gasteiger partial charge is 0.212 e. The van der Waals surface area contributed by atoms with Crippen LogP contribution in [0.4, 0.5) is 0 Å². The van der Waals surface area contributed by atoms with Crippen LogP contribution in [0.25, 0.3) is 4.96 Å². The summed E-state index contributed by atoms with van der Waals surface area (Å²) in [4.78, 5) is 5.89. The van der Waals surface area contributed by atoms with Crippen LogP contribution in [0.15, 0.2) is 0 Å². The lowest BCUT2D eigenvalue weighted by Crippen LogP contribution is -1.96. The summed E-state index contributed by atoms with van der Waals surface area (Å²) in [5.74, 6) is 1.34. The van der Waals surface area contributed by atoms with Crippen molar-refractivity contribution in [2.24, 2.45) is 5.92 Å². The number of rotatable bonds is 3. The molecule has 0 radical (unpaired) electrons. The van der Waals surface area contributed by atoms with Gasteiger partial charge >= 0.3 is 0 Å². The van der Waals surface area contributed by atoms with E-state index in [1.807, 2.05) is 0 Å². The van der Waals surface area contributed by atoms with E-state index in [0.717, 1.165) is 17.8 Å². The van der Waals surface area contributed by atoms with Crippen LogP contribution >= 0.6 is 11.3 Å². The highest BCUT2D eigenvalue weighted by Gasteiger charge is 2.28. The van der Waals surface area contributed by atoms with Gasteiger partial charge in [-0.05, 0) is 25.2 Å². The number of nitrogens with zero attached hydrogens (tertiary/aromatic N) is 3. The van der Waals surface area contributed by atoms with E-state index in [0.29, 0.717) is 11.8 Å². The van der Waals surface area contributed by atoms with Crippen molar-refractivity contribution >= 4 is 16.3 Å². The number of hydrogen-bond donors (Lipinski definition) is 0. The van der Waals surface area contributed by atoms with Gasteiger partial charge in [-0.3, -0.25) is 0 Å². The first-order chi connectivity index (χ1) is 8.19. The fourth-order valence-corrected chi connectivity index (χ4v) is 3.81. The molecule has 0 amide bonds. The van der Waals surface area contributed by atoms with Gasteiger partial charge in [0.05, 0.1) is 11.4 Å². The van der Waals surface area contributed by atoms with Gasteiger partial charge in [-0.15, -0.1) is 0 Å². The SMILES string of the molecule is CCC1CCc2c1nc1sc(CC(C)C)nn21. The molecule has 92 valence electrons. The van der Waals surface area contributed by atoms with Crippen molar-refractivity contribution in [1.29, 1.82) is 0 Å². The van der Waals surface area contributed by atoms with Crippen LogP contribution in [0.2, 0.25) is 0 Å². The van der Waals surface area contributed by atoms with Gasteiger partial charge in [0, 0.05) is 12.3 Å². The van der Waals surface area contributed by atoms with E-state index in [9.17, 15) is 0 Å². The third kappa shape index (κ3) is 1.79. The molecule has 0 aromatic carbocycles. The minimum atomic E-state index is 0.669. The van der Waals surface area contributed by atoms with Gasteiger partial charge in [-0.2, -0.15) is 5.10 Å². The first-order valence-corrected chi connectivity index (χ1v) is 7.38. The molecule has 3 rings (SSSR count). The predicted molar refractivity (Wildman–Crippen MR) is 70.8 cm³/mol. The van der Waals surface area contributed by atoms with E-state index < -0.39 is 0 Å². The Bertz CT molecular complexity index is 538. The lowest BCUT2D eigenvalue weighted by Gasteiger charge is -2.02. The fourth-order valence-electron chi connectivity index (χ4n) is 2.68. The van der Waals surface area contributed by atoms with Crippen molar-refractivity contribution in [1.82, 2.24) is 14.6 Å². The first-order valence-electron chi connectivity index (χ1n) is 6.56. The van der Waals surface area contributed by atoms with Gasteiger partial charge in [0.25, 0.3) is 0 Å². The van der Waals surface area contributed by atoms with Gasteiger partial charge in [-0.1, -0.05) is 32.1 Å². The summed E-state index contributed by atoms with van der Waals surface area (Å²) in [6.07, 6.45) is 4.69. The van der Waals surface area contributed by atoms with Crippen molar-refractivity contribution in [3.8, 4) is 0 Å². The summed E-state index contributed by atoms with van der Waals surface area (Å²) < 4.78 is 2.10. The van der Waals surface area contributed by atoms with Gasteiger partial charge in [0.1, 0.15) is 5.01 Å². The molecule has 3 nitrogen and oxygen atoms in total. The normalized spacial score (nSPS) is 19.4. The van der Waals surface area contributed by atoms with Crippen LogP contribution in [-0.4, -0.2) is 14.6 Å². The third-order valence-electron chi connectivity index (χ3n) is 3.56. The number of aromatic nitrogens is 3. The average Bonchev–Trinajstić information content (AvgIpc) is 2.87. The quantitative estimate of drug-likeness (QED) is 0.834. The summed E-state index contributed by atoms with van der Waals surface area (Å²) >= 11 is 1.76. The lowest BCUT2D eigenvalue weighted by molar-refractivity contribution is 0.631. The van der Waals surface area contributed by atoms with Crippen molar-refractivity contribution < 1.29 is 0 Å². The van der Waals surface area contributed by atoms with E-state index in [4.69, 9.17) is 10.1 Å². The Morgan fingerprint density at radius 1 is 1.47 bits per heavy atom. The molecule has 0 saturated carbocycles. The van der Waals surface area contributed by atoms with Crippen molar-refractivity contribution in [2.75, 3.05) is 0 Å². The zero-order chi connectivity index (χ0) is 12.0. The van der Waals surface area contributed by atoms with E-state index >= 15 is 0 Å². The van der Waals surface area contributed by atoms with Crippen LogP contribution in [0.1, 0.15) is 55.9 Å². The van der Waals surface area contributed by atoms with E-state index in [-0.39, 0.29) is 0 Å². The summed E-state index contributed by atoms with van der Waals surface area (Å²) in [7, 11) is 0. The third-order valence-corrected chi connectivity index (χ3v) is 4.49. The Morgan fingerprint density at radius 2 is 2.29 bits per heavy atom. The van der Waals surface area contributed by atoms with E-state index in [2.05, 4.69) is 25.3 Å². The standard InChI is InChI=1S/C13H19N3S/c1-4-9-5-6-10-12(9)14-13-16(10)15-11(17-13)7-8(2)3/h8-9H,4-7H2,1-3H3. The van der Waals surface area contributed by atoms with Crippen LogP contribution < -0.4 is 0 Å². The highest BCUT2D eigenvalue weighted by molar-refractivity contribution is 7.16. The summed E-state index contributed by atoms with van der Waals surface area (Å²) in [5, 5.41) is 5.95. The lowest BCUT2D eigenvalue weighted by atomic mass is 10.1. The molecular formula is C13H19N3S. The average molecular weight is 249 g/mol.